The quantitative estimate of drug-likeness (QED) is 0.422. The molecular formula is C18H12Cl2N8. The van der Waals surface area contributed by atoms with E-state index in [1.807, 2.05) is 9.13 Å². The summed E-state index contributed by atoms with van der Waals surface area (Å²) in [6.45, 7) is 1.28. The third-order valence-corrected chi connectivity index (χ3v) is 5.00. The lowest BCUT2D eigenvalue weighted by Crippen LogP contribution is -2.02. The van der Waals surface area contributed by atoms with Crippen LogP contribution < -0.4 is 0 Å². The molecule has 4 aromatic heterocycles. The molecule has 0 saturated carbocycles. The summed E-state index contributed by atoms with van der Waals surface area (Å²) < 4.78 is 3.89. The Labute approximate surface area is 168 Å². The molecule has 0 N–H and O–H groups in total. The molecular weight excluding hydrogens is 399 g/mol. The molecule has 5 aromatic rings. The molecule has 0 fully saturated rings. The van der Waals surface area contributed by atoms with Crippen LogP contribution in [0.3, 0.4) is 0 Å². The first-order chi connectivity index (χ1) is 13.7. The third kappa shape index (κ3) is 2.96. The van der Waals surface area contributed by atoms with E-state index in [1.165, 1.54) is 12.7 Å². The predicted molar refractivity (Wildman–Crippen MR) is 105 cm³/mol. The summed E-state index contributed by atoms with van der Waals surface area (Å²) in [5.41, 5.74) is 4.88. The zero-order valence-corrected chi connectivity index (χ0v) is 15.9. The summed E-state index contributed by atoms with van der Waals surface area (Å²) >= 11 is 12.1. The molecule has 5 rings (SSSR count). The summed E-state index contributed by atoms with van der Waals surface area (Å²) in [7, 11) is 0. The highest BCUT2D eigenvalue weighted by Crippen LogP contribution is 2.20. The summed E-state index contributed by atoms with van der Waals surface area (Å²) in [4.78, 5) is 25.0. The second kappa shape index (κ2) is 6.81. The van der Waals surface area contributed by atoms with Crippen LogP contribution in [0.2, 0.25) is 10.3 Å². The molecule has 1 aromatic carbocycles. The first-order valence-electron chi connectivity index (χ1n) is 8.39. The Balaban J connectivity index is 1.38. The van der Waals surface area contributed by atoms with Crippen LogP contribution in [0.5, 0.6) is 0 Å². The maximum atomic E-state index is 6.06. The van der Waals surface area contributed by atoms with Crippen molar-refractivity contribution in [3.8, 4) is 0 Å². The highest BCUT2D eigenvalue weighted by Gasteiger charge is 2.10. The number of nitrogens with zero attached hydrogens (tertiary/aromatic N) is 8. The lowest BCUT2D eigenvalue weighted by molar-refractivity contribution is 0.800. The standard InChI is InChI=1S/C18H12Cl2N8/c19-15-13-17(23-7-21-15)27(9-25-13)5-11-1-2-12(4-3-11)6-28-10-26-14-16(20)22-8-24-18(14)28/h1-4,7-10H,5-6H2. The van der Waals surface area contributed by atoms with Gasteiger partial charge in [0.05, 0.1) is 25.7 Å². The fourth-order valence-corrected chi connectivity index (χ4v) is 3.43. The largest absolute Gasteiger partial charge is 0.311 e. The van der Waals surface area contributed by atoms with Crippen molar-refractivity contribution in [1.29, 1.82) is 0 Å². The normalized spacial score (nSPS) is 11.5. The maximum absolute atomic E-state index is 6.06. The second-order valence-electron chi connectivity index (χ2n) is 6.23. The van der Waals surface area contributed by atoms with E-state index in [0.717, 1.165) is 11.1 Å². The fraction of sp³-hybridized carbons (Fsp3) is 0.111. The molecule has 0 spiro atoms. The van der Waals surface area contributed by atoms with Gasteiger partial charge in [-0.15, -0.1) is 0 Å². The minimum atomic E-state index is 0.357. The first kappa shape index (κ1) is 17.0. The molecule has 4 heterocycles. The lowest BCUT2D eigenvalue weighted by atomic mass is 10.1. The van der Waals surface area contributed by atoms with Gasteiger partial charge in [0.1, 0.15) is 23.7 Å². The first-order valence-corrected chi connectivity index (χ1v) is 9.15. The molecule has 0 atom stereocenters. The molecule has 8 nitrogen and oxygen atoms in total. The number of hydrogen-bond donors (Lipinski definition) is 0. The van der Waals surface area contributed by atoms with E-state index in [4.69, 9.17) is 23.2 Å². The van der Waals surface area contributed by atoms with Gasteiger partial charge in [0.15, 0.2) is 21.6 Å². The predicted octanol–water partition coefficient (Wildman–Crippen LogP) is 3.37. The van der Waals surface area contributed by atoms with E-state index in [2.05, 4.69) is 54.2 Å². The van der Waals surface area contributed by atoms with Gasteiger partial charge in [-0.25, -0.2) is 29.9 Å². The van der Waals surface area contributed by atoms with E-state index < -0.39 is 0 Å². The average Bonchev–Trinajstić information content (AvgIpc) is 3.30. The number of aromatic nitrogens is 8. The van der Waals surface area contributed by atoms with Crippen LogP contribution in [0.15, 0.2) is 49.6 Å². The number of halogens is 2. The van der Waals surface area contributed by atoms with Gasteiger partial charge in [0, 0.05) is 0 Å². The molecule has 0 saturated heterocycles. The molecule has 28 heavy (non-hydrogen) atoms. The molecule has 0 aliphatic rings. The SMILES string of the molecule is Clc1ncnc2c1ncn2Cc1ccc(Cn2cnc3c(Cl)ncnc32)cc1. The molecule has 0 radical (unpaired) electrons. The van der Waals surface area contributed by atoms with Crippen molar-refractivity contribution in [3.05, 3.63) is 71.0 Å². The van der Waals surface area contributed by atoms with Crippen LogP contribution in [0, 0.1) is 0 Å². The van der Waals surface area contributed by atoms with Crippen LogP contribution in [-0.2, 0) is 13.1 Å². The molecule has 0 aliphatic heterocycles. The van der Waals surface area contributed by atoms with E-state index in [-0.39, 0.29) is 0 Å². The summed E-state index contributed by atoms with van der Waals surface area (Å²) in [6.07, 6.45) is 6.33. The Bertz CT molecular complexity index is 1190. The molecule has 138 valence electrons. The van der Waals surface area contributed by atoms with Crippen LogP contribution in [0.25, 0.3) is 22.3 Å². The second-order valence-corrected chi connectivity index (χ2v) is 6.95. The van der Waals surface area contributed by atoms with Gasteiger partial charge in [-0.3, -0.25) is 0 Å². The number of rotatable bonds is 4. The zero-order valence-electron chi connectivity index (χ0n) is 14.4. The fourth-order valence-electron chi connectivity index (χ4n) is 3.08. The van der Waals surface area contributed by atoms with E-state index >= 15 is 0 Å². The third-order valence-electron chi connectivity index (χ3n) is 4.44. The highest BCUT2D eigenvalue weighted by molar-refractivity contribution is 6.33. The van der Waals surface area contributed by atoms with Crippen molar-refractivity contribution in [2.45, 2.75) is 13.1 Å². The van der Waals surface area contributed by atoms with Crippen molar-refractivity contribution in [2.75, 3.05) is 0 Å². The Morgan fingerprint density at radius 1 is 0.607 bits per heavy atom. The van der Waals surface area contributed by atoms with E-state index in [0.29, 0.717) is 45.7 Å². The number of imidazole rings is 2. The van der Waals surface area contributed by atoms with Crippen LogP contribution in [0.4, 0.5) is 0 Å². The Hall–Kier alpha value is -3.10. The Kier molecular flexibility index (Phi) is 4.14. The minimum absolute atomic E-state index is 0.357. The van der Waals surface area contributed by atoms with Crippen molar-refractivity contribution in [2.24, 2.45) is 0 Å². The van der Waals surface area contributed by atoms with Crippen molar-refractivity contribution >= 4 is 45.5 Å². The zero-order chi connectivity index (χ0) is 19.1. The van der Waals surface area contributed by atoms with Gasteiger partial charge in [-0.2, -0.15) is 0 Å². The lowest BCUT2D eigenvalue weighted by Gasteiger charge is -2.07. The highest BCUT2D eigenvalue weighted by atomic mass is 35.5. The smallest absolute Gasteiger partial charge is 0.165 e. The van der Waals surface area contributed by atoms with Gasteiger partial charge in [0.2, 0.25) is 0 Å². The molecule has 10 heteroatoms. The van der Waals surface area contributed by atoms with Gasteiger partial charge in [0.25, 0.3) is 0 Å². The Morgan fingerprint density at radius 2 is 1.04 bits per heavy atom. The topological polar surface area (TPSA) is 87.2 Å². The van der Waals surface area contributed by atoms with Crippen molar-refractivity contribution < 1.29 is 0 Å². The maximum Gasteiger partial charge on any atom is 0.165 e. The van der Waals surface area contributed by atoms with E-state index in [9.17, 15) is 0 Å². The summed E-state index contributed by atoms with van der Waals surface area (Å²) in [5.74, 6) is 0. The van der Waals surface area contributed by atoms with Crippen molar-refractivity contribution in [3.63, 3.8) is 0 Å². The van der Waals surface area contributed by atoms with Crippen LogP contribution >= 0.6 is 23.2 Å². The van der Waals surface area contributed by atoms with Gasteiger partial charge in [-0.05, 0) is 11.1 Å². The average molecular weight is 411 g/mol. The molecule has 0 aliphatic carbocycles. The number of benzene rings is 1. The Morgan fingerprint density at radius 3 is 1.46 bits per heavy atom. The number of fused-ring (bicyclic) bond motifs is 2. The molecule has 0 amide bonds. The van der Waals surface area contributed by atoms with Crippen LogP contribution in [0.1, 0.15) is 11.1 Å². The minimum Gasteiger partial charge on any atom is -0.311 e. The summed E-state index contributed by atoms with van der Waals surface area (Å²) in [6, 6.07) is 8.30. The van der Waals surface area contributed by atoms with Crippen LogP contribution in [-0.4, -0.2) is 39.0 Å². The monoisotopic (exact) mass is 410 g/mol. The molecule has 0 unspecified atom stereocenters. The van der Waals surface area contributed by atoms with E-state index in [1.54, 1.807) is 12.7 Å². The van der Waals surface area contributed by atoms with Gasteiger partial charge >= 0.3 is 0 Å². The van der Waals surface area contributed by atoms with Gasteiger partial charge in [-0.1, -0.05) is 47.5 Å². The molecule has 0 bridgehead atoms. The van der Waals surface area contributed by atoms with Crippen molar-refractivity contribution in [1.82, 2.24) is 39.0 Å². The number of hydrogen-bond acceptors (Lipinski definition) is 6. The summed E-state index contributed by atoms with van der Waals surface area (Å²) in [5, 5.41) is 0.714. The van der Waals surface area contributed by atoms with Gasteiger partial charge < -0.3 is 9.13 Å².